The van der Waals surface area contributed by atoms with E-state index in [-0.39, 0.29) is 12.2 Å². The second-order valence-electron chi connectivity index (χ2n) is 4.59. The summed E-state index contributed by atoms with van der Waals surface area (Å²) in [7, 11) is 1.34. The molecule has 1 rings (SSSR count). The van der Waals surface area contributed by atoms with Crippen LogP contribution in [-0.2, 0) is 4.79 Å². The molecule has 6 nitrogen and oxygen atoms in total. The number of aliphatic carboxylic acids is 1. The number of rotatable bonds is 5. The van der Waals surface area contributed by atoms with E-state index in [0.29, 0.717) is 0 Å². The summed E-state index contributed by atoms with van der Waals surface area (Å²) in [6.07, 6.45) is -4.88. The van der Waals surface area contributed by atoms with Gasteiger partial charge in [0.2, 0.25) is 0 Å². The Hall–Kier alpha value is -2.45. The topological polar surface area (TPSA) is 78.9 Å². The van der Waals surface area contributed by atoms with Crippen molar-refractivity contribution in [2.75, 3.05) is 18.9 Å². The summed E-state index contributed by atoms with van der Waals surface area (Å²) in [5, 5.41) is 11.0. The van der Waals surface area contributed by atoms with Gasteiger partial charge < -0.3 is 20.1 Å². The number of carbonyl (C=O) groups is 2. The number of carbonyl (C=O) groups excluding carboxylic acids is 1. The summed E-state index contributed by atoms with van der Waals surface area (Å²) in [5.41, 5.74) is -0.167. The Labute approximate surface area is 124 Å². The minimum atomic E-state index is -4.88. The van der Waals surface area contributed by atoms with E-state index in [2.05, 4.69) is 10.1 Å². The molecule has 1 aromatic rings. The quantitative estimate of drug-likeness (QED) is 0.874. The van der Waals surface area contributed by atoms with Crippen molar-refractivity contribution in [2.45, 2.75) is 13.3 Å². The predicted molar refractivity (Wildman–Crippen MR) is 71.6 cm³/mol. The minimum Gasteiger partial charge on any atom is -0.481 e. The molecular weight excluding hydrogens is 305 g/mol. The number of hydrogen-bond donors (Lipinski definition) is 2. The molecule has 0 aliphatic heterocycles. The molecule has 0 heterocycles. The summed E-state index contributed by atoms with van der Waals surface area (Å²) in [5.74, 6) is -2.44. The van der Waals surface area contributed by atoms with Gasteiger partial charge in [-0.25, -0.2) is 4.79 Å². The number of benzene rings is 1. The van der Waals surface area contributed by atoms with Crippen LogP contribution in [0.5, 0.6) is 5.75 Å². The smallest absolute Gasteiger partial charge is 0.481 e. The van der Waals surface area contributed by atoms with Crippen molar-refractivity contribution >= 4 is 17.7 Å². The van der Waals surface area contributed by atoms with E-state index in [9.17, 15) is 22.8 Å². The fourth-order valence-corrected chi connectivity index (χ4v) is 1.57. The molecule has 2 amide bonds. The zero-order valence-electron chi connectivity index (χ0n) is 11.8. The van der Waals surface area contributed by atoms with Crippen molar-refractivity contribution < 1.29 is 32.6 Å². The lowest BCUT2D eigenvalue weighted by Crippen LogP contribution is -2.36. The van der Waals surface area contributed by atoms with Gasteiger partial charge in [0.1, 0.15) is 0 Å². The Morgan fingerprint density at radius 1 is 1.36 bits per heavy atom. The molecule has 122 valence electrons. The number of ether oxygens (including phenoxy) is 1. The highest BCUT2D eigenvalue weighted by molar-refractivity contribution is 5.91. The van der Waals surface area contributed by atoms with Crippen LogP contribution in [0.3, 0.4) is 0 Å². The average Bonchev–Trinajstić information content (AvgIpc) is 2.39. The normalized spacial score (nSPS) is 12.4. The molecule has 0 spiro atoms. The van der Waals surface area contributed by atoms with E-state index in [0.717, 1.165) is 11.0 Å². The summed E-state index contributed by atoms with van der Waals surface area (Å²) >= 11 is 0. The minimum absolute atomic E-state index is 0.0938. The van der Waals surface area contributed by atoms with Gasteiger partial charge in [0.25, 0.3) is 0 Å². The molecule has 1 atom stereocenters. The van der Waals surface area contributed by atoms with Crippen LogP contribution in [0.2, 0.25) is 0 Å². The maximum atomic E-state index is 12.3. The maximum Gasteiger partial charge on any atom is 0.573 e. The molecule has 0 aliphatic carbocycles. The lowest BCUT2D eigenvalue weighted by atomic mass is 10.2. The molecule has 0 fully saturated rings. The molecule has 22 heavy (non-hydrogen) atoms. The van der Waals surface area contributed by atoms with Crippen molar-refractivity contribution in [3.8, 4) is 5.75 Å². The van der Waals surface area contributed by atoms with Crippen LogP contribution in [-0.4, -0.2) is 42.0 Å². The maximum absolute atomic E-state index is 12.3. The van der Waals surface area contributed by atoms with Gasteiger partial charge in [-0.05, 0) is 12.1 Å². The number of nitrogens with zero attached hydrogens (tertiary/aromatic N) is 1. The standard InChI is InChI=1S/C13H15F3N2O4/c1-8(11(19)20)7-18(2)12(21)17-9-5-3-4-6-10(9)22-13(14,15)16/h3-6,8H,7H2,1-2H3,(H,17,21)(H,19,20). The number of anilines is 1. The van der Waals surface area contributed by atoms with Crippen LogP contribution in [0.25, 0.3) is 0 Å². The molecule has 1 aromatic carbocycles. The number of urea groups is 1. The van der Waals surface area contributed by atoms with Crippen LogP contribution in [0.15, 0.2) is 24.3 Å². The third kappa shape index (κ3) is 5.51. The molecular formula is C13H15F3N2O4. The van der Waals surface area contributed by atoms with Crippen molar-refractivity contribution in [1.82, 2.24) is 4.90 Å². The third-order valence-corrected chi connectivity index (χ3v) is 2.67. The Morgan fingerprint density at radius 2 is 1.95 bits per heavy atom. The summed E-state index contributed by atoms with van der Waals surface area (Å²) in [4.78, 5) is 23.7. The summed E-state index contributed by atoms with van der Waals surface area (Å²) in [6, 6.07) is 4.31. The van der Waals surface area contributed by atoms with Gasteiger partial charge in [0.15, 0.2) is 5.75 Å². The summed E-state index contributed by atoms with van der Waals surface area (Å²) < 4.78 is 40.6. The highest BCUT2D eigenvalue weighted by atomic mass is 19.4. The SMILES string of the molecule is CC(CN(C)C(=O)Nc1ccccc1OC(F)(F)F)C(=O)O. The second kappa shape index (κ2) is 7.01. The molecule has 1 unspecified atom stereocenters. The van der Waals surface area contributed by atoms with Gasteiger partial charge in [0.05, 0.1) is 11.6 Å². The lowest BCUT2D eigenvalue weighted by Gasteiger charge is -2.21. The van der Waals surface area contributed by atoms with Gasteiger partial charge >= 0.3 is 18.4 Å². The van der Waals surface area contributed by atoms with Gasteiger partial charge in [-0.1, -0.05) is 19.1 Å². The first kappa shape index (κ1) is 17.6. The van der Waals surface area contributed by atoms with Crippen molar-refractivity contribution in [3.63, 3.8) is 0 Å². The second-order valence-corrected chi connectivity index (χ2v) is 4.59. The Balaban J connectivity index is 2.78. The zero-order chi connectivity index (χ0) is 16.9. The molecule has 0 aromatic heterocycles. The van der Waals surface area contributed by atoms with Gasteiger partial charge in [-0.2, -0.15) is 0 Å². The predicted octanol–water partition coefficient (Wildman–Crippen LogP) is 2.77. The first-order valence-corrected chi connectivity index (χ1v) is 6.20. The van der Waals surface area contributed by atoms with Crippen LogP contribution >= 0.6 is 0 Å². The van der Waals surface area contributed by atoms with Crippen LogP contribution < -0.4 is 10.1 Å². The lowest BCUT2D eigenvalue weighted by molar-refractivity contribution is -0.274. The number of para-hydroxylation sites is 2. The fourth-order valence-electron chi connectivity index (χ4n) is 1.57. The van der Waals surface area contributed by atoms with Gasteiger partial charge in [-0.15, -0.1) is 13.2 Å². The van der Waals surface area contributed by atoms with Crippen LogP contribution in [0.4, 0.5) is 23.7 Å². The van der Waals surface area contributed by atoms with E-state index >= 15 is 0 Å². The van der Waals surface area contributed by atoms with Crippen LogP contribution in [0.1, 0.15) is 6.92 Å². The fraction of sp³-hybridized carbons (Fsp3) is 0.385. The molecule has 0 aliphatic rings. The average molecular weight is 320 g/mol. The van der Waals surface area contributed by atoms with E-state index in [1.165, 1.54) is 32.2 Å². The Morgan fingerprint density at radius 3 is 2.50 bits per heavy atom. The summed E-state index contributed by atoms with van der Waals surface area (Å²) in [6.45, 7) is 1.32. The molecule has 0 radical (unpaired) electrons. The number of carboxylic acid groups (broad SMARTS) is 1. The van der Waals surface area contributed by atoms with Gasteiger partial charge in [-0.3, -0.25) is 4.79 Å². The third-order valence-electron chi connectivity index (χ3n) is 2.67. The van der Waals surface area contributed by atoms with Crippen molar-refractivity contribution in [1.29, 1.82) is 0 Å². The molecule has 0 saturated heterocycles. The Kier molecular flexibility index (Phi) is 5.61. The molecule has 2 N–H and O–H groups in total. The number of hydrogen-bond acceptors (Lipinski definition) is 3. The van der Waals surface area contributed by atoms with E-state index < -0.39 is 30.0 Å². The van der Waals surface area contributed by atoms with Gasteiger partial charge in [0, 0.05) is 13.6 Å². The van der Waals surface area contributed by atoms with E-state index in [1.54, 1.807) is 0 Å². The number of alkyl halides is 3. The Bertz CT molecular complexity index is 548. The van der Waals surface area contributed by atoms with Crippen LogP contribution in [0, 0.1) is 5.92 Å². The zero-order valence-corrected chi connectivity index (χ0v) is 11.8. The highest BCUT2D eigenvalue weighted by Gasteiger charge is 2.32. The molecule has 0 saturated carbocycles. The number of nitrogens with one attached hydrogen (secondary N) is 1. The first-order valence-electron chi connectivity index (χ1n) is 6.20. The van der Waals surface area contributed by atoms with E-state index in [4.69, 9.17) is 5.11 Å². The highest BCUT2D eigenvalue weighted by Crippen LogP contribution is 2.30. The molecule has 9 heteroatoms. The van der Waals surface area contributed by atoms with E-state index in [1.807, 2.05) is 0 Å². The van der Waals surface area contributed by atoms with Crippen molar-refractivity contribution in [2.24, 2.45) is 5.92 Å². The largest absolute Gasteiger partial charge is 0.573 e. The monoisotopic (exact) mass is 320 g/mol. The number of halogens is 3. The number of amides is 2. The molecule has 0 bridgehead atoms. The number of carboxylic acids is 1. The van der Waals surface area contributed by atoms with Crippen molar-refractivity contribution in [3.05, 3.63) is 24.3 Å². The first-order chi connectivity index (χ1) is 10.1.